The van der Waals surface area contributed by atoms with Crippen molar-refractivity contribution in [2.45, 2.75) is 32.9 Å². The number of rotatable bonds is 6. The second kappa shape index (κ2) is 8.94. The number of pyridine rings is 1. The highest BCUT2D eigenvalue weighted by atomic mass is 16.5. The average molecular weight is 420 g/mol. The summed E-state index contributed by atoms with van der Waals surface area (Å²) in [5, 5.41) is 10.6. The fourth-order valence-corrected chi connectivity index (χ4v) is 4.52. The van der Waals surface area contributed by atoms with Crippen molar-refractivity contribution >= 4 is 22.6 Å². The topological polar surface area (TPSA) is 65.9 Å². The highest BCUT2D eigenvalue weighted by molar-refractivity contribution is 6.06. The Balaban J connectivity index is 1.89. The predicted molar refractivity (Wildman–Crippen MR) is 123 cm³/mol. The highest BCUT2D eigenvalue weighted by Crippen LogP contribution is 2.36. The van der Waals surface area contributed by atoms with Crippen molar-refractivity contribution in [2.24, 2.45) is 0 Å². The van der Waals surface area contributed by atoms with E-state index in [2.05, 4.69) is 34.8 Å². The zero-order valence-electron chi connectivity index (χ0n) is 18.3. The summed E-state index contributed by atoms with van der Waals surface area (Å²) in [5.74, 6) is -0.119. The van der Waals surface area contributed by atoms with Crippen LogP contribution in [0.15, 0.2) is 48.7 Å². The van der Waals surface area contributed by atoms with E-state index in [1.54, 1.807) is 18.3 Å². The molecule has 1 N–H and O–H groups in total. The Bertz CT molecular complexity index is 1080. The molecule has 1 aliphatic heterocycles. The average Bonchev–Trinajstić information content (AvgIpc) is 3.27. The summed E-state index contributed by atoms with van der Waals surface area (Å²) < 4.78 is 5.36. The summed E-state index contributed by atoms with van der Waals surface area (Å²) in [4.78, 5) is 22.1. The third-order valence-electron chi connectivity index (χ3n) is 6.07. The van der Waals surface area contributed by atoms with Gasteiger partial charge in [0, 0.05) is 25.2 Å². The molecule has 4 rings (SSSR count). The van der Waals surface area contributed by atoms with E-state index < -0.39 is 0 Å². The van der Waals surface area contributed by atoms with Gasteiger partial charge in [0.15, 0.2) is 0 Å². The van der Waals surface area contributed by atoms with Gasteiger partial charge in [0.05, 0.1) is 24.0 Å². The molecule has 6 heteroatoms. The van der Waals surface area contributed by atoms with Crippen LogP contribution >= 0.6 is 0 Å². The number of phenols is 1. The molecule has 6 nitrogen and oxygen atoms in total. The molecule has 3 aromatic rings. The minimum absolute atomic E-state index is 0.223. The molecule has 1 saturated heterocycles. The molecule has 1 atom stereocenters. The molecule has 1 unspecified atom stereocenters. The van der Waals surface area contributed by atoms with Gasteiger partial charge in [0.25, 0.3) is 0 Å². The van der Waals surface area contributed by atoms with Crippen molar-refractivity contribution in [1.29, 1.82) is 0 Å². The second-order valence-corrected chi connectivity index (χ2v) is 7.88. The normalized spacial score (nSPS) is 16.5. The Morgan fingerprint density at radius 3 is 2.65 bits per heavy atom. The molecule has 31 heavy (non-hydrogen) atoms. The van der Waals surface area contributed by atoms with Crippen molar-refractivity contribution in [3.8, 4) is 16.9 Å². The number of nitrogens with zero attached hydrogens (tertiary/aromatic N) is 3. The van der Waals surface area contributed by atoms with Crippen molar-refractivity contribution in [2.75, 3.05) is 31.6 Å². The molecule has 0 amide bonds. The van der Waals surface area contributed by atoms with Crippen LogP contribution in [0.1, 0.15) is 37.0 Å². The van der Waals surface area contributed by atoms with Crippen LogP contribution in [0.3, 0.4) is 0 Å². The molecular weight excluding hydrogens is 390 g/mol. The van der Waals surface area contributed by atoms with E-state index in [0.29, 0.717) is 12.2 Å². The van der Waals surface area contributed by atoms with Crippen LogP contribution in [-0.4, -0.2) is 53.9 Å². The number of hydrogen-bond acceptors (Lipinski definition) is 6. The molecule has 0 bridgehead atoms. The number of fused-ring (bicyclic) bond motifs is 1. The molecule has 0 aliphatic carbocycles. The van der Waals surface area contributed by atoms with E-state index in [1.165, 1.54) is 0 Å². The fraction of sp³-hybridized carbons (Fsp3) is 0.360. The maximum Gasteiger partial charge on any atom is 0.341 e. The number of anilines is 1. The number of hydrogen-bond donors (Lipinski definition) is 1. The molecule has 0 radical (unpaired) electrons. The van der Waals surface area contributed by atoms with Crippen LogP contribution in [0.25, 0.3) is 22.0 Å². The van der Waals surface area contributed by atoms with E-state index in [-0.39, 0.29) is 17.9 Å². The van der Waals surface area contributed by atoms with Crippen LogP contribution in [0.4, 0.5) is 5.69 Å². The number of aromatic hydroxyl groups is 1. The Hall–Kier alpha value is -3.12. The number of ether oxygens (including phenoxy) is 1. The number of likely N-dealkylation sites (tertiary alicyclic amines) is 1. The van der Waals surface area contributed by atoms with Gasteiger partial charge in [-0.15, -0.1) is 0 Å². The van der Waals surface area contributed by atoms with Gasteiger partial charge in [-0.05, 0) is 61.7 Å². The summed E-state index contributed by atoms with van der Waals surface area (Å²) in [7, 11) is 2.06. The molecule has 1 aliphatic rings. The largest absolute Gasteiger partial charge is 0.508 e. The standard InChI is InChI=1S/C25H29N3O3/c1-4-28-14-6-7-23(28)27(3)24-20-15-18(17-8-11-19(29)12-9-17)10-13-22(20)26-16-21(24)25(30)31-5-2/h8-13,15-16,23,29H,4-7,14H2,1-3H3. The van der Waals surface area contributed by atoms with Crippen LogP contribution in [-0.2, 0) is 4.74 Å². The number of benzene rings is 2. The first-order valence-corrected chi connectivity index (χ1v) is 10.9. The van der Waals surface area contributed by atoms with Gasteiger partial charge < -0.3 is 14.7 Å². The molecule has 0 spiro atoms. The summed E-state index contributed by atoms with van der Waals surface area (Å²) in [5.41, 5.74) is 4.17. The number of phenolic OH excluding ortho intramolecular Hbond substituents is 1. The third kappa shape index (κ3) is 4.08. The van der Waals surface area contributed by atoms with Gasteiger partial charge in [-0.3, -0.25) is 9.88 Å². The number of esters is 1. The summed E-state index contributed by atoms with van der Waals surface area (Å²) >= 11 is 0. The van der Waals surface area contributed by atoms with Crippen LogP contribution in [0.5, 0.6) is 5.75 Å². The minimum atomic E-state index is -0.352. The smallest absolute Gasteiger partial charge is 0.341 e. The lowest BCUT2D eigenvalue weighted by Gasteiger charge is -2.35. The first-order valence-electron chi connectivity index (χ1n) is 10.9. The quantitative estimate of drug-likeness (QED) is 0.586. The van der Waals surface area contributed by atoms with Crippen molar-refractivity contribution in [1.82, 2.24) is 9.88 Å². The van der Waals surface area contributed by atoms with Gasteiger partial charge in [-0.1, -0.05) is 25.1 Å². The molecular formula is C25H29N3O3. The molecule has 162 valence electrons. The number of aromatic nitrogens is 1. The minimum Gasteiger partial charge on any atom is -0.508 e. The van der Waals surface area contributed by atoms with Gasteiger partial charge in [-0.2, -0.15) is 0 Å². The SMILES string of the molecule is CCOC(=O)c1cnc2ccc(-c3ccc(O)cc3)cc2c1N(C)C1CCCN1CC. The molecule has 2 heterocycles. The summed E-state index contributed by atoms with van der Waals surface area (Å²) in [6.07, 6.45) is 4.05. The lowest BCUT2D eigenvalue weighted by Crippen LogP contribution is -2.43. The van der Waals surface area contributed by atoms with Crippen molar-refractivity contribution in [3.05, 3.63) is 54.2 Å². The molecule has 2 aromatic carbocycles. The lowest BCUT2D eigenvalue weighted by atomic mass is 10.0. The van der Waals surface area contributed by atoms with E-state index >= 15 is 0 Å². The Labute approximate surface area is 183 Å². The van der Waals surface area contributed by atoms with Gasteiger partial charge in [0.1, 0.15) is 11.3 Å². The van der Waals surface area contributed by atoms with Gasteiger partial charge in [-0.25, -0.2) is 4.79 Å². The zero-order valence-corrected chi connectivity index (χ0v) is 18.3. The Morgan fingerprint density at radius 2 is 1.94 bits per heavy atom. The predicted octanol–water partition coefficient (Wildman–Crippen LogP) is 4.66. The number of carbonyl (C=O) groups excluding carboxylic acids is 1. The lowest BCUT2D eigenvalue weighted by molar-refractivity contribution is 0.0526. The highest BCUT2D eigenvalue weighted by Gasteiger charge is 2.30. The van der Waals surface area contributed by atoms with E-state index in [0.717, 1.165) is 53.6 Å². The summed E-state index contributed by atoms with van der Waals surface area (Å²) in [6.45, 7) is 6.33. The maximum atomic E-state index is 12.8. The maximum absolute atomic E-state index is 12.8. The fourth-order valence-electron chi connectivity index (χ4n) is 4.52. The van der Waals surface area contributed by atoms with Gasteiger partial charge in [0.2, 0.25) is 0 Å². The Kier molecular flexibility index (Phi) is 6.09. The van der Waals surface area contributed by atoms with Crippen molar-refractivity contribution in [3.63, 3.8) is 0 Å². The van der Waals surface area contributed by atoms with E-state index in [1.807, 2.05) is 31.2 Å². The van der Waals surface area contributed by atoms with E-state index in [9.17, 15) is 9.90 Å². The Morgan fingerprint density at radius 1 is 1.19 bits per heavy atom. The zero-order chi connectivity index (χ0) is 22.0. The van der Waals surface area contributed by atoms with Crippen LogP contribution < -0.4 is 4.90 Å². The summed E-state index contributed by atoms with van der Waals surface area (Å²) in [6, 6.07) is 13.2. The molecule has 0 saturated carbocycles. The third-order valence-corrected chi connectivity index (χ3v) is 6.07. The van der Waals surface area contributed by atoms with Crippen molar-refractivity contribution < 1.29 is 14.6 Å². The van der Waals surface area contributed by atoms with Crippen LogP contribution in [0.2, 0.25) is 0 Å². The number of carbonyl (C=O) groups is 1. The van der Waals surface area contributed by atoms with Gasteiger partial charge >= 0.3 is 5.97 Å². The first-order chi connectivity index (χ1) is 15.0. The van der Waals surface area contributed by atoms with Crippen LogP contribution in [0, 0.1) is 0 Å². The monoisotopic (exact) mass is 419 g/mol. The molecule has 1 fully saturated rings. The van der Waals surface area contributed by atoms with E-state index in [4.69, 9.17) is 4.74 Å². The first kappa shape index (κ1) is 21.1. The molecule has 1 aromatic heterocycles. The second-order valence-electron chi connectivity index (χ2n) is 7.88.